The Balaban J connectivity index is 1.44. The number of rotatable bonds is 6. The maximum Gasteiger partial charge on any atom is 0.157 e. The Bertz CT molecular complexity index is 1350. The molecule has 5 rings (SSSR count). The molecule has 3 heterocycles. The summed E-state index contributed by atoms with van der Waals surface area (Å²) in [5.74, 6) is 0. The third kappa shape index (κ3) is 3.92. The summed E-state index contributed by atoms with van der Waals surface area (Å²) in [4.78, 5) is 6.93. The molecule has 0 aliphatic heterocycles. The first-order valence-electron chi connectivity index (χ1n) is 10.7. The summed E-state index contributed by atoms with van der Waals surface area (Å²) in [7, 11) is 4.07. The summed E-state index contributed by atoms with van der Waals surface area (Å²) < 4.78 is 3.81. The van der Waals surface area contributed by atoms with Gasteiger partial charge in [0.1, 0.15) is 0 Å². The average Bonchev–Trinajstić information content (AvgIpc) is 3.35. The van der Waals surface area contributed by atoms with E-state index in [0.29, 0.717) is 0 Å². The van der Waals surface area contributed by atoms with Crippen molar-refractivity contribution in [3.8, 4) is 16.9 Å². The van der Waals surface area contributed by atoms with Crippen molar-refractivity contribution >= 4 is 11.0 Å². The molecule has 0 saturated carbocycles. The molecule has 2 aromatic carbocycles. The molecule has 0 atom stereocenters. The minimum atomic E-state index is 0.779. The Labute approximate surface area is 187 Å². The number of aryl methyl sites for hydroxylation is 2. The molecular formula is C26H26N6. The van der Waals surface area contributed by atoms with E-state index < -0.39 is 0 Å². The molecule has 0 N–H and O–H groups in total. The van der Waals surface area contributed by atoms with Crippen molar-refractivity contribution in [1.29, 1.82) is 0 Å². The van der Waals surface area contributed by atoms with Crippen LogP contribution in [0.25, 0.3) is 28.0 Å². The van der Waals surface area contributed by atoms with Crippen molar-refractivity contribution in [3.05, 3.63) is 95.9 Å². The largest absolute Gasteiger partial charge is 0.298 e. The lowest BCUT2D eigenvalue weighted by Crippen LogP contribution is -2.17. The van der Waals surface area contributed by atoms with Crippen LogP contribution in [0.2, 0.25) is 0 Å². The molecule has 0 unspecified atom stereocenters. The van der Waals surface area contributed by atoms with Gasteiger partial charge in [-0.2, -0.15) is 10.2 Å². The summed E-state index contributed by atoms with van der Waals surface area (Å²) in [6.45, 7) is 3.60. The topological polar surface area (TPSA) is 51.8 Å². The third-order valence-corrected chi connectivity index (χ3v) is 5.67. The fraction of sp³-hybridized carbons (Fsp3) is 0.192. The number of benzene rings is 2. The molecule has 0 amide bonds. The Kier molecular flexibility index (Phi) is 5.29. The van der Waals surface area contributed by atoms with Gasteiger partial charge >= 0.3 is 0 Å². The minimum Gasteiger partial charge on any atom is -0.298 e. The lowest BCUT2D eigenvalue weighted by atomic mass is 10.1. The van der Waals surface area contributed by atoms with Gasteiger partial charge in [0.2, 0.25) is 0 Å². The van der Waals surface area contributed by atoms with E-state index in [2.05, 4.69) is 70.7 Å². The number of pyridine rings is 1. The monoisotopic (exact) mass is 422 g/mol. The SMILES string of the molecule is Cc1nn(C)c2ncc(CN(C)Cc3cn(-c4ccccc4)nc3-c3ccccc3)cc12. The fourth-order valence-corrected chi connectivity index (χ4v) is 4.17. The number of hydrogen-bond acceptors (Lipinski definition) is 4. The van der Waals surface area contributed by atoms with Crippen molar-refractivity contribution in [3.63, 3.8) is 0 Å². The summed E-state index contributed by atoms with van der Waals surface area (Å²) in [5, 5.41) is 10.5. The van der Waals surface area contributed by atoms with E-state index in [1.54, 1.807) is 0 Å². The molecule has 5 aromatic rings. The normalized spacial score (nSPS) is 11.5. The Morgan fingerprint density at radius 2 is 1.62 bits per heavy atom. The van der Waals surface area contributed by atoms with Gasteiger partial charge in [-0.15, -0.1) is 0 Å². The summed E-state index contributed by atoms with van der Waals surface area (Å²) in [6.07, 6.45) is 4.09. The van der Waals surface area contributed by atoms with Gasteiger partial charge in [0.15, 0.2) is 5.65 Å². The highest BCUT2D eigenvalue weighted by molar-refractivity contribution is 5.78. The summed E-state index contributed by atoms with van der Waals surface area (Å²) >= 11 is 0. The molecule has 0 bridgehead atoms. The first kappa shape index (κ1) is 20.2. The van der Waals surface area contributed by atoms with E-state index in [4.69, 9.17) is 5.10 Å². The number of hydrogen-bond donors (Lipinski definition) is 0. The molecule has 0 saturated heterocycles. The predicted octanol–water partition coefficient (Wildman–Crippen LogP) is 4.76. The highest BCUT2D eigenvalue weighted by atomic mass is 15.3. The third-order valence-electron chi connectivity index (χ3n) is 5.67. The molecule has 3 aromatic heterocycles. The van der Waals surface area contributed by atoms with E-state index in [-0.39, 0.29) is 0 Å². The second-order valence-electron chi connectivity index (χ2n) is 8.25. The zero-order valence-corrected chi connectivity index (χ0v) is 18.6. The van der Waals surface area contributed by atoms with Crippen LogP contribution in [0, 0.1) is 6.92 Å². The van der Waals surface area contributed by atoms with Crippen molar-refractivity contribution in [2.45, 2.75) is 20.0 Å². The van der Waals surface area contributed by atoms with E-state index in [1.807, 2.05) is 53.8 Å². The maximum atomic E-state index is 4.93. The standard InChI is InChI=1S/C26H26N6/c1-19-24-14-20(15-27-26(24)31(3)28-19)16-30(2)17-22-18-32(23-12-8-5-9-13-23)29-25(22)21-10-6-4-7-11-21/h4-15,18H,16-17H2,1-3H3. The molecule has 0 spiro atoms. The van der Waals surface area contributed by atoms with Crippen LogP contribution in [-0.2, 0) is 20.1 Å². The minimum absolute atomic E-state index is 0.779. The lowest BCUT2D eigenvalue weighted by Gasteiger charge is -2.16. The van der Waals surface area contributed by atoms with Crippen LogP contribution in [0.4, 0.5) is 0 Å². The van der Waals surface area contributed by atoms with Gasteiger partial charge in [-0.05, 0) is 37.7 Å². The summed E-state index contributed by atoms with van der Waals surface area (Å²) in [5.41, 5.74) is 7.49. The van der Waals surface area contributed by atoms with Crippen LogP contribution in [0.1, 0.15) is 16.8 Å². The second-order valence-corrected chi connectivity index (χ2v) is 8.25. The van der Waals surface area contributed by atoms with Gasteiger partial charge in [-0.1, -0.05) is 48.5 Å². The van der Waals surface area contributed by atoms with Crippen LogP contribution in [0.3, 0.4) is 0 Å². The van der Waals surface area contributed by atoms with Crippen LogP contribution in [0.5, 0.6) is 0 Å². The Morgan fingerprint density at radius 3 is 2.38 bits per heavy atom. The van der Waals surface area contributed by atoms with Gasteiger partial charge < -0.3 is 0 Å². The van der Waals surface area contributed by atoms with Crippen molar-refractivity contribution in [2.75, 3.05) is 7.05 Å². The maximum absolute atomic E-state index is 4.93. The zero-order valence-electron chi connectivity index (χ0n) is 18.6. The Hall–Kier alpha value is -3.77. The van der Waals surface area contributed by atoms with Gasteiger partial charge in [-0.25, -0.2) is 9.67 Å². The zero-order chi connectivity index (χ0) is 22.1. The molecule has 6 nitrogen and oxygen atoms in total. The molecule has 0 radical (unpaired) electrons. The quantitative estimate of drug-likeness (QED) is 0.396. The van der Waals surface area contributed by atoms with Crippen LogP contribution < -0.4 is 0 Å². The number of para-hydroxylation sites is 1. The number of fused-ring (bicyclic) bond motifs is 1. The predicted molar refractivity (Wildman–Crippen MR) is 127 cm³/mol. The highest BCUT2D eigenvalue weighted by Crippen LogP contribution is 2.25. The van der Waals surface area contributed by atoms with Crippen molar-refractivity contribution in [1.82, 2.24) is 29.4 Å². The number of nitrogens with zero attached hydrogens (tertiary/aromatic N) is 6. The van der Waals surface area contributed by atoms with E-state index in [9.17, 15) is 0 Å². The second kappa shape index (κ2) is 8.40. The van der Waals surface area contributed by atoms with E-state index >= 15 is 0 Å². The van der Waals surface area contributed by atoms with Gasteiger partial charge in [0.05, 0.1) is 17.1 Å². The first-order valence-corrected chi connectivity index (χ1v) is 10.7. The molecule has 160 valence electrons. The van der Waals surface area contributed by atoms with Gasteiger partial charge in [0.25, 0.3) is 0 Å². The fourth-order valence-electron chi connectivity index (χ4n) is 4.17. The van der Waals surface area contributed by atoms with E-state index in [1.165, 1.54) is 11.1 Å². The van der Waals surface area contributed by atoms with Gasteiger partial charge in [0, 0.05) is 49.0 Å². The molecular weight excluding hydrogens is 396 g/mol. The average molecular weight is 423 g/mol. The van der Waals surface area contributed by atoms with Crippen molar-refractivity contribution in [2.24, 2.45) is 7.05 Å². The van der Waals surface area contributed by atoms with Crippen LogP contribution in [-0.4, -0.2) is 36.5 Å². The Morgan fingerprint density at radius 1 is 0.906 bits per heavy atom. The van der Waals surface area contributed by atoms with Gasteiger partial charge in [-0.3, -0.25) is 9.58 Å². The van der Waals surface area contributed by atoms with Crippen LogP contribution >= 0.6 is 0 Å². The van der Waals surface area contributed by atoms with Crippen molar-refractivity contribution < 1.29 is 0 Å². The molecule has 32 heavy (non-hydrogen) atoms. The van der Waals surface area contributed by atoms with Crippen LogP contribution in [0.15, 0.2) is 79.1 Å². The molecule has 0 aliphatic carbocycles. The first-order chi connectivity index (χ1) is 15.6. The molecule has 0 fully saturated rings. The molecule has 0 aliphatic rings. The smallest absolute Gasteiger partial charge is 0.157 e. The highest BCUT2D eigenvalue weighted by Gasteiger charge is 2.15. The van der Waals surface area contributed by atoms with E-state index in [0.717, 1.165) is 46.8 Å². The lowest BCUT2D eigenvalue weighted by molar-refractivity contribution is 0.319. The molecule has 6 heteroatoms. The number of aromatic nitrogens is 5. The summed E-state index contributed by atoms with van der Waals surface area (Å²) in [6, 6.07) is 22.8.